The summed E-state index contributed by atoms with van der Waals surface area (Å²) >= 11 is 0. The normalized spacial score (nSPS) is 21.5. The van der Waals surface area contributed by atoms with Gasteiger partial charge in [0.1, 0.15) is 5.75 Å². The van der Waals surface area contributed by atoms with Gasteiger partial charge in [0.25, 0.3) is 5.91 Å². The minimum absolute atomic E-state index is 0.236. The molecule has 0 bridgehead atoms. The molecule has 1 fully saturated rings. The van der Waals surface area contributed by atoms with Gasteiger partial charge in [-0.2, -0.15) is 0 Å². The van der Waals surface area contributed by atoms with E-state index in [0.717, 1.165) is 67.9 Å². The second-order valence-electron chi connectivity index (χ2n) is 8.26. The van der Waals surface area contributed by atoms with Crippen LogP contribution in [0.5, 0.6) is 5.75 Å². The van der Waals surface area contributed by atoms with Crippen LogP contribution >= 0.6 is 0 Å². The van der Waals surface area contributed by atoms with Gasteiger partial charge in [-0.3, -0.25) is 14.7 Å². The van der Waals surface area contributed by atoms with Crippen LogP contribution in [0.15, 0.2) is 42.6 Å². The zero-order valence-corrected chi connectivity index (χ0v) is 17.0. The molecule has 1 amide bonds. The molecule has 6 heteroatoms. The Kier molecular flexibility index (Phi) is 5.46. The number of carbonyl (C=O) groups is 1. The van der Waals surface area contributed by atoms with Gasteiger partial charge in [0.2, 0.25) is 0 Å². The molecule has 2 aliphatic rings. The number of para-hydroxylation sites is 1. The molecule has 2 aromatic rings. The molecule has 1 aromatic heterocycles. The molecule has 0 saturated carbocycles. The van der Waals surface area contributed by atoms with Crippen molar-refractivity contribution in [3.05, 3.63) is 53.9 Å². The second kappa shape index (κ2) is 8.03. The molecule has 2 atom stereocenters. The maximum Gasteiger partial charge on any atom is 0.259 e. The van der Waals surface area contributed by atoms with E-state index in [2.05, 4.69) is 22.9 Å². The monoisotopic (exact) mass is 394 g/mol. The van der Waals surface area contributed by atoms with E-state index >= 15 is 0 Å². The second-order valence-corrected chi connectivity index (χ2v) is 8.26. The third-order valence-corrected chi connectivity index (χ3v) is 6.54. The highest BCUT2D eigenvalue weighted by Crippen LogP contribution is 2.50. The predicted molar refractivity (Wildman–Crippen MR) is 113 cm³/mol. The van der Waals surface area contributed by atoms with E-state index in [0.29, 0.717) is 0 Å². The summed E-state index contributed by atoms with van der Waals surface area (Å²) in [5, 5.41) is 0. The van der Waals surface area contributed by atoms with Crippen LogP contribution in [0.25, 0.3) is 0 Å². The highest BCUT2D eigenvalue weighted by Gasteiger charge is 2.53. The Morgan fingerprint density at radius 2 is 2.07 bits per heavy atom. The first-order valence-electron chi connectivity index (χ1n) is 10.6. The molecule has 4 rings (SSSR count). The number of hydrogen-bond donors (Lipinski definition) is 2. The van der Waals surface area contributed by atoms with Crippen LogP contribution in [-0.4, -0.2) is 35.0 Å². The van der Waals surface area contributed by atoms with Gasteiger partial charge in [0, 0.05) is 22.9 Å². The van der Waals surface area contributed by atoms with E-state index in [9.17, 15) is 4.79 Å². The van der Waals surface area contributed by atoms with Crippen molar-refractivity contribution in [2.45, 2.75) is 56.6 Å². The quantitative estimate of drug-likeness (QED) is 0.785. The number of nitrogen functional groups attached to an aromatic ring is 1. The number of benzene rings is 1. The number of piperidine rings is 1. The van der Waals surface area contributed by atoms with Crippen molar-refractivity contribution >= 4 is 11.6 Å². The molecular weight excluding hydrogens is 364 g/mol. The molecule has 1 spiro atoms. The maximum absolute atomic E-state index is 12.2. The lowest BCUT2D eigenvalue weighted by atomic mass is 9.69. The third kappa shape index (κ3) is 3.57. The average Bonchev–Trinajstić information content (AvgIpc) is 3.04. The highest BCUT2D eigenvalue weighted by atomic mass is 16.5. The van der Waals surface area contributed by atoms with Crippen molar-refractivity contribution < 1.29 is 9.53 Å². The summed E-state index contributed by atoms with van der Waals surface area (Å²) in [6.45, 7) is 3.94. The number of unbranched alkanes of at least 4 members (excludes halogenated alkanes) is 1. The fourth-order valence-electron chi connectivity index (χ4n) is 5.02. The molecule has 154 valence electrons. The average molecular weight is 395 g/mol. The Balaban J connectivity index is 1.59. The van der Waals surface area contributed by atoms with Gasteiger partial charge in [-0.05, 0) is 50.6 Å². The van der Waals surface area contributed by atoms with Gasteiger partial charge in [0.05, 0.1) is 11.7 Å². The van der Waals surface area contributed by atoms with Crippen molar-refractivity contribution in [2.24, 2.45) is 5.73 Å². The van der Waals surface area contributed by atoms with E-state index in [-0.39, 0.29) is 17.4 Å². The summed E-state index contributed by atoms with van der Waals surface area (Å²) in [5.41, 5.74) is 14.3. The lowest BCUT2D eigenvalue weighted by molar-refractivity contribution is -0.127. The number of primary amides is 1. The van der Waals surface area contributed by atoms with Crippen LogP contribution in [0.4, 0.5) is 5.69 Å². The molecular formula is C23H30N4O2. The van der Waals surface area contributed by atoms with Gasteiger partial charge in [0.15, 0.2) is 6.10 Å². The SMILES string of the molecule is CCCCC(c1cc(N)ccn1)N1CCC2(CC1)c1ccccc1OC2C(N)=O. The Morgan fingerprint density at radius 1 is 1.31 bits per heavy atom. The van der Waals surface area contributed by atoms with Crippen LogP contribution in [0.1, 0.15) is 56.3 Å². The number of fused-ring (bicyclic) bond motifs is 2. The van der Waals surface area contributed by atoms with Gasteiger partial charge < -0.3 is 16.2 Å². The molecule has 2 aliphatic heterocycles. The van der Waals surface area contributed by atoms with Crippen LogP contribution in [0, 0.1) is 0 Å². The number of pyridine rings is 1. The van der Waals surface area contributed by atoms with Crippen LogP contribution in [0.2, 0.25) is 0 Å². The summed E-state index contributed by atoms with van der Waals surface area (Å²) in [5.74, 6) is 0.416. The first-order chi connectivity index (χ1) is 14.0. The number of likely N-dealkylation sites (tertiary alicyclic amines) is 1. The van der Waals surface area contributed by atoms with E-state index in [1.54, 1.807) is 6.20 Å². The fraction of sp³-hybridized carbons (Fsp3) is 0.478. The predicted octanol–water partition coefficient (Wildman–Crippen LogP) is 3.18. The fourth-order valence-corrected chi connectivity index (χ4v) is 5.02. The maximum atomic E-state index is 12.2. The lowest BCUT2D eigenvalue weighted by Crippen LogP contribution is -2.53. The van der Waals surface area contributed by atoms with Crippen molar-refractivity contribution in [1.29, 1.82) is 0 Å². The minimum Gasteiger partial charge on any atom is -0.479 e. The molecule has 1 saturated heterocycles. The van der Waals surface area contributed by atoms with Crippen molar-refractivity contribution in [3.8, 4) is 5.75 Å². The van der Waals surface area contributed by atoms with E-state index in [4.69, 9.17) is 16.2 Å². The van der Waals surface area contributed by atoms with E-state index in [1.165, 1.54) is 0 Å². The topological polar surface area (TPSA) is 94.5 Å². The summed E-state index contributed by atoms with van der Waals surface area (Å²) in [7, 11) is 0. The molecule has 4 N–H and O–H groups in total. The van der Waals surface area contributed by atoms with Gasteiger partial charge in [-0.15, -0.1) is 0 Å². The molecule has 2 unspecified atom stereocenters. The van der Waals surface area contributed by atoms with E-state index < -0.39 is 6.10 Å². The smallest absolute Gasteiger partial charge is 0.259 e. The zero-order valence-electron chi connectivity index (χ0n) is 17.0. The number of nitrogens with zero attached hydrogens (tertiary/aromatic N) is 2. The van der Waals surface area contributed by atoms with Gasteiger partial charge >= 0.3 is 0 Å². The number of hydrogen-bond acceptors (Lipinski definition) is 5. The van der Waals surface area contributed by atoms with Crippen molar-refractivity contribution in [1.82, 2.24) is 9.88 Å². The van der Waals surface area contributed by atoms with Crippen LogP contribution < -0.4 is 16.2 Å². The number of rotatable bonds is 6. The van der Waals surface area contributed by atoms with Gasteiger partial charge in [-0.25, -0.2) is 0 Å². The molecule has 29 heavy (non-hydrogen) atoms. The number of amides is 1. The Morgan fingerprint density at radius 3 is 2.76 bits per heavy atom. The summed E-state index contributed by atoms with van der Waals surface area (Å²) in [4.78, 5) is 19.3. The first-order valence-corrected chi connectivity index (χ1v) is 10.6. The van der Waals surface area contributed by atoms with Gasteiger partial charge in [-0.1, -0.05) is 38.0 Å². The van der Waals surface area contributed by atoms with Crippen molar-refractivity contribution in [3.63, 3.8) is 0 Å². The number of aromatic nitrogens is 1. The Hall–Kier alpha value is -2.60. The standard InChI is InChI=1S/C23H30N4O2/c1-2-3-7-19(18-15-16(24)9-12-26-18)27-13-10-23(11-14-27)17-6-4-5-8-20(17)29-21(23)22(25)28/h4-6,8-9,12,15,19,21H,2-3,7,10-11,13-14H2,1H3,(H2,24,26)(H2,25,28). The summed E-state index contributed by atoms with van der Waals surface area (Å²) < 4.78 is 6.00. The molecule has 6 nitrogen and oxygen atoms in total. The third-order valence-electron chi connectivity index (χ3n) is 6.54. The molecule has 0 radical (unpaired) electrons. The number of ether oxygens (including phenoxy) is 1. The largest absolute Gasteiger partial charge is 0.479 e. The number of carbonyl (C=O) groups excluding carboxylic acids is 1. The lowest BCUT2D eigenvalue weighted by Gasteiger charge is -2.44. The first kappa shape index (κ1) is 19.7. The zero-order chi connectivity index (χ0) is 20.4. The Bertz CT molecular complexity index is 877. The summed E-state index contributed by atoms with van der Waals surface area (Å²) in [6.07, 6.45) is 6.19. The number of anilines is 1. The summed E-state index contributed by atoms with van der Waals surface area (Å²) in [6, 6.07) is 12.0. The number of nitrogens with two attached hydrogens (primary N) is 2. The highest BCUT2D eigenvalue weighted by molar-refractivity contribution is 5.83. The molecule has 3 heterocycles. The molecule has 0 aliphatic carbocycles. The van der Waals surface area contributed by atoms with Crippen molar-refractivity contribution in [2.75, 3.05) is 18.8 Å². The molecule has 1 aromatic carbocycles. The van der Waals surface area contributed by atoms with Crippen LogP contribution in [-0.2, 0) is 10.2 Å². The Labute approximate surface area is 172 Å². The minimum atomic E-state index is -0.596. The van der Waals surface area contributed by atoms with E-state index in [1.807, 2.05) is 30.3 Å². The van der Waals surface area contributed by atoms with Crippen LogP contribution in [0.3, 0.4) is 0 Å².